The van der Waals surface area contributed by atoms with Gasteiger partial charge in [-0.2, -0.15) is 4.31 Å². The van der Waals surface area contributed by atoms with Crippen LogP contribution in [0.2, 0.25) is 0 Å². The number of hydrogen-bond donors (Lipinski definition) is 1. The zero-order valence-electron chi connectivity index (χ0n) is 9.14. The van der Waals surface area contributed by atoms with Gasteiger partial charge >= 0.3 is 0 Å². The molecular formula is C9H13F2NO3S2. The number of nitrogens with zero attached hydrogens (tertiary/aromatic N) is 1. The monoisotopic (exact) mass is 285 g/mol. The van der Waals surface area contributed by atoms with Gasteiger partial charge in [-0.05, 0) is 12.1 Å². The van der Waals surface area contributed by atoms with Crippen LogP contribution in [0.3, 0.4) is 0 Å². The number of sulfonamides is 1. The summed E-state index contributed by atoms with van der Waals surface area (Å²) in [6.07, 6.45) is -2.34. The van der Waals surface area contributed by atoms with Crippen LogP contribution in [0, 0.1) is 0 Å². The van der Waals surface area contributed by atoms with Crippen LogP contribution in [-0.4, -0.2) is 44.5 Å². The Kier molecular flexibility index (Phi) is 4.99. The minimum atomic E-state index is -3.84. The topological polar surface area (TPSA) is 57.6 Å². The van der Waals surface area contributed by atoms with Gasteiger partial charge in [0.15, 0.2) is 0 Å². The van der Waals surface area contributed by atoms with Crippen molar-refractivity contribution in [2.75, 3.05) is 20.2 Å². The van der Waals surface area contributed by atoms with Gasteiger partial charge in [-0.15, -0.1) is 11.3 Å². The van der Waals surface area contributed by atoms with Crippen LogP contribution < -0.4 is 0 Å². The fourth-order valence-electron chi connectivity index (χ4n) is 1.19. The molecule has 0 aromatic carbocycles. The molecule has 1 rings (SSSR count). The second kappa shape index (κ2) is 5.85. The molecule has 0 bridgehead atoms. The summed E-state index contributed by atoms with van der Waals surface area (Å²) in [7, 11) is -2.72. The summed E-state index contributed by atoms with van der Waals surface area (Å²) in [5.41, 5.74) is 0. The molecule has 4 nitrogen and oxygen atoms in total. The predicted molar refractivity (Wildman–Crippen MR) is 60.9 cm³/mol. The molecule has 0 unspecified atom stereocenters. The van der Waals surface area contributed by atoms with E-state index >= 15 is 0 Å². The first kappa shape index (κ1) is 14.5. The Labute approximate surface area is 103 Å². The third-order valence-corrected chi connectivity index (χ3v) is 5.49. The Bertz CT molecular complexity index is 459. The van der Waals surface area contributed by atoms with Crippen LogP contribution >= 0.6 is 11.3 Å². The van der Waals surface area contributed by atoms with Crippen molar-refractivity contribution in [2.45, 2.75) is 17.1 Å². The average molecular weight is 285 g/mol. The molecule has 0 aliphatic rings. The van der Waals surface area contributed by atoms with E-state index in [9.17, 15) is 17.2 Å². The molecule has 0 atom stereocenters. The third-order valence-electron chi connectivity index (χ3n) is 2.05. The second-order valence-corrected chi connectivity index (χ2v) is 6.81. The maximum absolute atomic E-state index is 12.1. The summed E-state index contributed by atoms with van der Waals surface area (Å²) < 4.78 is 48.5. The van der Waals surface area contributed by atoms with Crippen LogP contribution in [0.5, 0.6) is 0 Å². The molecule has 0 radical (unpaired) electrons. The number of thiophene rings is 1. The van der Waals surface area contributed by atoms with Crippen LogP contribution in [0.25, 0.3) is 0 Å². The molecule has 0 amide bonds. The molecule has 0 fully saturated rings. The molecule has 1 aromatic rings. The van der Waals surface area contributed by atoms with Crippen molar-refractivity contribution in [1.82, 2.24) is 4.31 Å². The van der Waals surface area contributed by atoms with Gasteiger partial charge in [-0.1, -0.05) is 0 Å². The van der Waals surface area contributed by atoms with Gasteiger partial charge in [0.05, 0.1) is 6.54 Å². The lowest BCUT2D eigenvalue weighted by molar-refractivity contribution is 0.126. The zero-order chi connectivity index (χ0) is 13.1. The molecule has 98 valence electrons. The molecule has 1 heterocycles. The molecular weight excluding hydrogens is 272 g/mol. The molecule has 1 aromatic heterocycles. The number of halogens is 2. The zero-order valence-corrected chi connectivity index (χ0v) is 10.8. The van der Waals surface area contributed by atoms with E-state index in [0.717, 1.165) is 18.4 Å². The van der Waals surface area contributed by atoms with Crippen molar-refractivity contribution in [3.05, 3.63) is 17.0 Å². The molecule has 0 spiro atoms. The first-order valence-electron chi connectivity index (χ1n) is 4.82. The lowest BCUT2D eigenvalue weighted by Gasteiger charge is -2.14. The highest BCUT2D eigenvalue weighted by atomic mass is 32.2. The summed E-state index contributed by atoms with van der Waals surface area (Å²) in [5.74, 6) is 0. The van der Waals surface area contributed by atoms with Crippen molar-refractivity contribution in [1.29, 1.82) is 0 Å². The Morgan fingerprint density at radius 3 is 2.65 bits per heavy atom. The maximum Gasteiger partial charge on any atom is 0.252 e. The molecule has 1 N–H and O–H groups in total. The van der Waals surface area contributed by atoms with Crippen molar-refractivity contribution >= 4 is 21.4 Å². The van der Waals surface area contributed by atoms with Gasteiger partial charge in [0, 0.05) is 25.0 Å². The first-order chi connectivity index (χ1) is 7.87. The summed E-state index contributed by atoms with van der Waals surface area (Å²) >= 11 is 0.985. The Hall–Kier alpha value is -0.570. The van der Waals surface area contributed by atoms with Gasteiger partial charge in [-0.25, -0.2) is 17.2 Å². The molecule has 17 heavy (non-hydrogen) atoms. The van der Waals surface area contributed by atoms with E-state index in [2.05, 4.69) is 0 Å². The van der Waals surface area contributed by atoms with Crippen molar-refractivity contribution < 1.29 is 22.3 Å². The number of aliphatic hydroxyl groups excluding tert-OH is 1. The van der Waals surface area contributed by atoms with Gasteiger partial charge in [0.2, 0.25) is 0 Å². The third kappa shape index (κ3) is 3.70. The Morgan fingerprint density at radius 2 is 2.12 bits per heavy atom. The normalized spacial score (nSPS) is 12.6. The van der Waals surface area contributed by atoms with Crippen LogP contribution in [-0.2, 0) is 16.4 Å². The van der Waals surface area contributed by atoms with E-state index in [1.807, 2.05) is 0 Å². The first-order valence-corrected chi connectivity index (χ1v) is 7.07. The summed E-state index contributed by atoms with van der Waals surface area (Å²) in [6.45, 7) is -0.900. The van der Waals surface area contributed by atoms with Gasteiger partial charge in [0.25, 0.3) is 16.4 Å². The summed E-state index contributed by atoms with van der Waals surface area (Å²) in [6, 6.07) is 2.94. The molecule has 0 saturated heterocycles. The Morgan fingerprint density at radius 1 is 1.47 bits per heavy atom. The minimum absolute atomic E-state index is 0.0177. The molecule has 0 aliphatic carbocycles. The largest absolute Gasteiger partial charge is 0.396 e. The van der Waals surface area contributed by atoms with E-state index in [0.29, 0.717) is 15.6 Å². The number of aliphatic hydroxyl groups is 1. The molecule has 0 aliphatic heterocycles. The molecule has 0 saturated carbocycles. The van der Waals surface area contributed by atoms with E-state index in [-0.39, 0.29) is 10.8 Å². The predicted octanol–water partition coefficient (Wildman–Crippen LogP) is 1.17. The fourth-order valence-corrected chi connectivity index (χ4v) is 3.89. The van der Waals surface area contributed by atoms with Gasteiger partial charge in [-0.3, -0.25) is 0 Å². The van der Waals surface area contributed by atoms with Crippen molar-refractivity contribution in [3.8, 4) is 0 Å². The minimum Gasteiger partial charge on any atom is -0.396 e. The van der Waals surface area contributed by atoms with Crippen LogP contribution in [0.1, 0.15) is 4.88 Å². The highest BCUT2D eigenvalue weighted by Crippen LogP contribution is 2.24. The molecule has 8 heteroatoms. The highest BCUT2D eigenvalue weighted by molar-refractivity contribution is 7.91. The van der Waals surface area contributed by atoms with Gasteiger partial charge in [0.1, 0.15) is 4.21 Å². The summed E-state index contributed by atoms with van der Waals surface area (Å²) in [5, 5.41) is 8.71. The van der Waals surface area contributed by atoms with E-state index in [1.54, 1.807) is 6.07 Å². The quantitative estimate of drug-likeness (QED) is 0.853. The SMILES string of the molecule is CN(CC(F)F)S(=O)(=O)c1ccc(CCO)s1. The van der Waals surface area contributed by atoms with E-state index in [1.165, 1.54) is 6.07 Å². The highest BCUT2D eigenvalue weighted by Gasteiger charge is 2.25. The maximum atomic E-state index is 12.1. The standard InChI is InChI=1S/C9H13F2NO3S2/c1-12(6-8(10)11)17(14,15)9-3-2-7(16-9)4-5-13/h2-3,8,13H,4-6H2,1H3. The fraction of sp³-hybridized carbons (Fsp3) is 0.556. The second-order valence-electron chi connectivity index (χ2n) is 3.37. The lowest BCUT2D eigenvalue weighted by atomic mass is 10.4. The van der Waals surface area contributed by atoms with E-state index in [4.69, 9.17) is 5.11 Å². The average Bonchev–Trinajstić information content (AvgIpc) is 2.66. The number of rotatable bonds is 6. The number of alkyl halides is 2. The smallest absolute Gasteiger partial charge is 0.252 e. The Balaban J connectivity index is 2.88. The van der Waals surface area contributed by atoms with Crippen LogP contribution in [0.15, 0.2) is 16.3 Å². The van der Waals surface area contributed by atoms with Crippen molar-refractivity contribution in [3.63, 3.8) is 0 Å². The van der Waals surface area contributed by atoms with E-state index < -0.39 is 23.0 Å². The van der Waals surface area contributed by atoms with Crippen molar-refractivity contribution in [2.24, 2.45) is 0 Å². The number of hydrogen-bond acceptors (Lipinski definition) is 4. The van der Waals surface area contributed by atoms with Gasteiger partial charge < -0.3 is 5.11 Å². The lowest BCUT2D eigenvalue weighted by Crippen LogP contribution is -2.30. The summed E-state index contributed by atoms with van der Waals surface area (Å²) in [4.78, 5) is 0.705. The van der Waals surface area contributed by atoms with Crippen LogP contribution in [0.4, 0.5) is 8.78 Å².